The van der Waals surface area contributed by atoms with Crippen LogP contribution in [0.15, 0.2) is 24.3 Å². The van der Waals surface area contributed by atoms with Crippen molar-refractivity contribution in [3.63, 3.8) is 0 Å². The van der Waals surface area contributed by atoms with E-state index in [2.05, 4.69) is 5.32 Å². The topological polar surface area (TPSA) is 29.1 Å². The standard InChI is InChI=1S/C12H11Cl2NO/c13-9-3-1-8(11(14)7-9)2-6-12(16)15-10-4-5-10/h1-3,6-7,10H,4-5H2,(H,15,16). The third kappa shape index (κ3) is 3.26. The number of rotatable bonds is 3. The van der Waals surface area contributed by atoms with Gasteiger partial charge in [-0.25, -0.2) is 0 Å². The molecule has 0 unspecified atom stereocenters. The van der Waals surface area contributed by atoms with Crippen LogP contribution in [0.2, 0.25) is 10.0 Å². The molecule has 2 nitrogen and oxygen atoms in total. The van der Waals surface area contributed by atoms with E-state index in [0.29, 0.717) is 16.1 Å². The largest absolute Gasteiger partial charge is 0.350 e. The van der Waals surface area contributed by atoms with Crippen molar-refractivity contribution in [3.05, 3.63) is 39.9 Å². The van der Waals surface area contributed by atoms with Crippen LogP contribution < -0.4 is 5.32 Å². The van der Waals surface area contributed by atoms with Crippen LogP contribution in [0.4, 0.5) is 0 Å². The number of halogens is 2. The van der Waals surface area contributed by atoms with E-state index in [1.807, 2.05) is 0 Å². The summed E-state index contributed by atoms with van der Waals surface area (Å²) in [5.74, 6) is -0.0754. The highest BCUT2D eigenvalue weighted by Crippen LogP contribution is 2.22. The highest BCUT2D eigenvalue weighted by atomic mass is 35.5. The Morgan fingerprint density at radius 3 is 2.75 bits per heavy atom. The van der Waals surface area contributed by atoms with Crippen molar-refractivity contribution in [1.82, 2.24) is 5.32 Å². The molecule has 1 N–H and O–H groups in total. The minimum atomic E-state index is -0.0754. The highest BCUT2D eigenvalue weighted by molar-refractivity contribution is 6.35. The van der Waals surface area contributed by atoms with Gasteiger partial charge in [0.2, 0.25) is 5.91 Å². The molecule has 2 rings (SSSR count). The summed E-state index contributed by atoms with van der Waals surface area (Å²) in [5.41, 5.74) is 0.789. The van der Waals surface area contributed by atoms with Crippen molar-refractivity contribution >= 4 is 35.2 Å². The summed E-state index contributed by atoms with van der Waals surface area (Å²) < 4.78 is 0. The van der Waals surface area contributed by atoms with Gasteiger partial charge < -0.3 is 5.32 Å². The Bertz CT molecular complexity index is 439. The first-order chi connectivity index (χ1) is 7.65. The van der Waals surface area contributed by atoms with Gasteiger partial charge in [-0.15, -0.1) is 0 Å². The minimum absolute atomic E-state index is 0.0754. The number of nitrogens with one attached hydrogen (secondary N) is 1. The molecule has 1 saturated carbocycles. The Morgan fingerprint density at radius 2 is 2.12 bits per heavy atom. The molecule has 0 heterocycles. The highest BCUT2D eigenvalue weighted by Gasteiger charge is 2.21. The molecule has 1 aliphatic rings. The van der Waals surface area contributed by atoms with Gasteiger partial charge >= 0.3 is 0 Å². The molecule has 0 radical (unpaired) electrons. The fraction of sp³-hybridized carbons (Fsp3) is 0.250. The lowest BCUT2D eigenvalue weighted by Gasteiger charge is -1.99. The Balaban J connectivity index is 2.01. The van der Waals surface area contributed by atoms with Crippen LogP contribution in [-0.2, 0) is 4.79 Å². The van der Waals surface area contributed by atoms with Crippen molar-refractivity contribution < 1.29 is 4.79 Å². The molecule has 84 valence electrons. The molecular formula is C12H11Cl2NO. The van der Waals surface area contributed by atoms with E-state index in [1.54, 1.807) is 24.3 Å². The van der Waals surface area contributed by atoms with E-state index in [4.69, 9.17) is 23.2 Å². The van der Waals surface area contributed by atoms with Crippen molar-refractivity contribution in [2.75, 3.05) is 0 Å². The monoisotopic (exact) mass is 255 g/mol. The van der Waals surface area contributed by atoms with Gasteiger partial charge in [-0.1, -0.05) is 29.3 Å². The molecule has 1 amide bonds. The van der Waals surface area contributed by atoms with Gasteiger partial charge in [0.05, 0.1) is 0 Å². The number of benzene rings is 1. The number of amides is 1. The summed E-state index contributed by atoms with van der Waals surface area (Å²) in [6, 6.07) is 5.55. The minimum Gasteiger partial charge on any atom is -0.350 e. The van der Waals surface area contributed by atoms with Crippen LogP contribution in [0.1, 0.15) is 18.4 Å². The van der Waals surface area contributed by atoms with Crippen molar-refractivity contribution in [1.29, 1.82) is 0 Å². The van der Waals surface area contributed by atoms with E-state index in [9.17, 15) is 4.79 Å². The van der Waals surface area contributed by atoms with E-state index < -0.39 is 0 Å². The molecule has 4 heteroatoms. The van der Waals surface area contributed by atoms with Crippen LogP contribution in [0.25, 0.3) is 6.08 Å². The predicted octanol–water partition coefficient (Wildman–Crippen LogP) is 3.29. The molecule has 0 atom stereocenters. The number of hydrogen-bond donors (Lipinski definition) is 1. The zero-order chi connectivity index (χ0) is 11.5. The zero-order valence-corrected chi connectivity index (χ0v) is 10.1. The first-order valence-electron chi connectivity index (χ1n) is 5.09. The van der Waals surface area contributed by atoms with Gasteiger partial charge in [0.25, 0.3) is 0 Å². The Morgan fingerprint density at radius 1 is 1.38 bits per heavy atom. The first-order valence-corrected chi connectivity index (χ1v) is 5.84. The van der Waals surface area contributed by atoms with Gasteiger partial charge in [-0.05, 0) is 36.6 Å². The third-order valence-corrected chi connectivity index (χ3v) is 2.86. The number of carbonyl (C=O) groups is 1. The SMILES string of the molecule is O=C(C=Cc1ccc(Cl)cc1Cl)NC1CC1. The summed E-state index contributed by atoms with van der Waals surface area (Å²) in [6.45, 7) is 0. The zero-order valence-electron chi connectivity index (χ0n) is 8.54. The molecule has 0 spiro atoms. The van der Waals surface area contributed by atoms with Crippen LogP contribution in [0.5, 0.6) is 0 Å². The predicted molar refractivity (Wildman–Crippen MR) is 66.7 cm³/mol. The van der Waals surface area contributed by atoms with Gasteiger partial charge in [0.1, 0.15) is 0 Å². The second-order valence-corrected chi connectivity index (χ2v) is 4.63. The summed E-state index contributed by atoms with van der Waals surface area (Å²) in [6.07, 6.45) is 5.35. The average molecular weight is 256 g/mol. The van der Waals surface area contributed by atoms with Crippen molar-refractivity contribution in [2.45, 2.75) is 18.9 Å². The lowest BCUT2D eigenvalue weighted by Crippen LogP contribution is -2.22. The second kappa shape index (κ2) is 4.89. The maximum atomic E-state index is 11.4. The smallest absolute Gasteiger partial charge is 0.244 e. The first kappa shape index (κ1) is 11.5. The molecule has 0 bridgehead atoms. The summed E-state index contributed by atoms with van der Waals surface area (Å²) in [5, 5.41) is 3.99. The lowest BCUT2D eigenvalue weighted by molar-refractivity contribution is -0.116. The molecule has 16 heavy (non-hydrogen) atoms. The van der Waals surface area contributed by atoms with E-state index in [0.717, 1.165) is 18.4 Å². The molecule has 0 aromatic heterocycles. The molecule has 1 aliphatic carbocycles. The Kier molecular flexibility index (Phi) is 3.52. The fourth-order valence-corrected chi connectivity index (χ4v) is 1.75. The van der Waals surface area contributed by atoms with Gasteiger partial charge in [-0.2, -0.15) is 0 Å². The molecule has 0 saturated heterocycles. The third-order valence-electron chi connectivity index (χ3n) is 2.30. The number of hydrogen-bond acceptors (Lipinski definition) is 1. The quantitative estimate of drug-likeness (QED) is 0.826. The van der Waals surface area contributed by atoms with Crippen LogP contribution in [0, 0.1) is 0 Å². The average Bonchev–Trinajstić information content (AvgIpc) is 3.00. The maximum absolute atomic E-state index is 11.4. The van der Waals surface area contributed by atoms with E-state index in [1.165, 1.54) is 6.08 Å². The van der Waals surface area contributed by atoms with Gasteiger partial charge in [-0.3, -0.25) is 4.79 Å². The van der Waals surface area contributed by atoms with Crippen LogP contribution in [0.3, 0.4) is 0 Å². The van der Waals surface area contributed by atoms with Crippen molar-refractivity contribution in [2.24, 2.45) is 0 Å². The second-order valence-electron chi connectivity index (χ2n) is 3.78. The lowest BCUT2D eigenvalue weighted by atomic mass is 10.2. The normalized spacial score (nSPS) is 15.4. The summed E-state index contributed by atoms with van der Waals surface area (Å²) >= 11 is 11.7. The maximum Gasteiger partial charge on any atom is 0.244 e. The molecule has 0 aliphatic heterocycles. The van der Waals surface area contributed by atoms with Gasteiger partial charge in [0.15, 0.2) is 0 Å². The summed E-state index contributed by atoms with van der Waals surface area (Å²) in [4.78, 5) is 11.4. The molecule has 1 aromatic rings. The molecular weight excluding hydrogens is 245 g/mol. The van der Waals surface area contributed by atoms with Crippen LogP contribution in [-0.4, -0.2) is 11.9 Å². The molecule has 1 fully saturated rings. The van der Waals surface area contributed by atoms with E-state index >= 15 is 0 Å². The van der Waals surface area contributed by atoms with Crippen LogP contribution >= 0.6 is 23.2 Å². The number of carbonyl (C=O) groups excluding carboxylic acids is 1. The Labute approximate surface area is 104 Å². The summed E-state index contributed by atoms with van der Waals surface area (Å²) in [7, 11) is 0. The Hall–Kier alpha value is -0.990. The molecule has 1 aromatic carbocycles. The fourth-order valence-electron chi connectivity index (χ4n) is 1.28. The van der Waals surface area contributed by atoms with Crippen molar-refractivity contribution in [3.8, 4) is 0 Å². The van der Waals surface area contributed by atoms with E-state index in [-0.39, 0.29) is 5.91 Å². The van der Waals surface area contributed by atoms with Gasteiger partial charge in [0, 0.05) is 22.2 Å².